The fourth-order valence-corrected chi connectivity index (χ4v) is 1.22. The van der Waals surface area contributed by atoms with Crippen LogP contribution in [0.2, 0.25) is 0 Å². The van der Waals surface area contributed by atoms with Gasteiger partial charge in [-0.1, -0.05) is 12.1 Å². The van der Waals surface area contributed by atoms with Gasteiger partial charge in [0.15, 0.2) is 5.43 Å². The lowest BCUT2D eigenvalue weighted by Gasteiger charge is -1.89. The summed E-state index contributed by atoms with van der Waals surface area (Å²) in [6.07, 6.45) is 0. The van der Waals surface area contributed by atoms with E-state index in [1.165, 1.54) is 18.2 Å². The third kappa shape index (κ3) is 0.733. The van der Waals surface area contributed by atoms with Gasteiger partial charge < -0.3 is 0 Å². The highest BCUT2D eigenvalue weighted by atomic mass is 16.2. The minimum absolute atomic E-state index is 0.229. The summed E-state index contributed by atoms with van der Waals surface area (Å²) >= 11 is 0. The largest absolute Gasteiger partial charge is 0.289 e. The van der Waals surface area contributed by atoms with Gasteiger partial charge in [-0.3, -0.25) is 14.4 Å². The van der Waals surface area contributed by atoms with Crippen molar-refractivity contribution in [1.29, 1.82) is 0 Å². The molecule has 0 bridgehead atoms. The van der Waals surface area contributed by atoms with Crippen LogP contribution in [-0.4, -0.2) is 0 Å². The minimum Gasteiger partial charge on any atom is -0.289 e. The zero-order valence-corrected chi connectivity index (χ0v) is 6.03. The molecule has 0 unspecified atom stereocenters. The van der Waals surface area contributed by atoms with Crippen LogP contribution in [0.1, 0.15) is 0 Å². The molecule has 0 fully saturated rings. The smallest absolute Gasteiger partial charge is 0.233 e. The Balaban J connectivity index is 3.13. The summed E-state index contributed by atoms with van der Waals surface area (Å²) in [4.78, 5) is 32.9. The minimum atomic E-state index is -0.603. The van der Waals surface area contributed by atoms with Crippen molar-refractivity contribution in [3.05, 3.63) is 54.9 Å². The second-order valence-corrected chi connectivity index (χ2v) is 2.56. The van der Waals surface area contributed by atoms with Gasteiger partial charge in [0.1, 0.15) is 0 Å². The molecular formula is C9H4O3. The lowest BCUT2D eigenvalue weighted by molar-refractivity contribution is 1.56. The first-order valence-corrected chi connectivity index (χ1v) is 3.43. The Hall–Kier alpha value is -1.77. The molecule has 2 aliphatic rings. The topological polar surface area (TPSA) is 51.2 Å². The van der Waals surface area contributed by atoms with Gasteiger partial charge in [-0.2, -0.15) is 0 Å². The summed E-state index contributed by atoms with van der Waals surface area (Å²) in [6, 6.07) is 5.40. The third-order valence-electron chi connectivity index (χ3n) is 1.81. The predicted octanol–water partition coefficient (Wildman–Crippen LogP) is -0.252. The molecule has 0 aromatic carbocycles. The Kier molecular flexibility index (Phi) is 1.21. The van der Waals surface area contributed by atoms with Crippen LogP contribution in [0.5, 0.6) is 0 Å². The van der Waals surface area contributed by atoms with Crippen LogP contribution in [0.25, 0.3) is 11.1 Å². The number of hydrogen-bond acceptors (Lipinski definition) is 3. The summed E-state index contributed by atoms with van der Waals surface area (Å²) in [5.41, 5.74) is -0.997. The number of benzene rings is 1. The van der Waals surface area contributed by atoms with Gasteiger partial charge >= 0.3 is 0 Å². The van der Waals surface area contributed by atoms with Crippen molar-refractivity contribution in [3.63, 3.8) is 0 Å². The molecule has 0 atom stereocenters. The Labute approximate surface area is 66.9 Å². The summed E-state index contributed by atoms with van der Waals surface area (Å²) in [5.74, 6) is 0. The second-order valence-electron chi connectivity index (χ2n) is 2.56. The van der Waals surface area contributed by atoms with E-state index in [0.717, 1.165) is 6.07 Å². The molecule has 0 amide bonds. The first kappa shape index (κ1) is 6.91. The summed E-state index contributed by atoms with van der Waals surface area (Å²) in [7, 11) is 0. The zero-order valence-electron chi connectivity index (χ0n) is 6.03. The summed E-state index contributed by atoms with van der Waals surface area (Å²) in [5, 5.41) is 0. The third-order valence-corrected chi connectivity index (χ3v) is 1.81. The van der Waals surface area contributed by atoms with Gasteiger partial charge in [0.2, 0.25) is 10.9 Å². The van der Waals surface area contributed by atoms with E-state index in [1.807, 2.05) is 0 Å². The average Bonchev–Trinajstić information content (AvgIpc) is 2.32. The molecule has 0 N–H and O–H groups in total. The van der Waals surface area contributed by atoms with Crippen LogP contribution in [0.3, 0.4) is 0 Å². The van der Waals surface area contributed by atoms with Crippen LogP contribution in [0.4, 0.5) is 0 Å². The van der Waals surface area contributed by atoms with Crippen molar-refractivity contribution in [2.24, 2.45) is 0 Å². The van der Waals surface area contributed by atoms with Crippen LogP contribution in [-0.2, 0) is 0 Å². The molecule has 3 nitrogen and oxygen atoms in total. The molecule has 0 spiro atoms. The fraction of sp³-hybridized carbons (Fsp3) is 0. The monoisotopic (exact) mass is 160 g/mol. The van der Waals surface area contributed by atoms with E-state index in [9.17, 15) is 14.4 Å². The number of fused-ring (bicyclic) bond motifs is 1. The van der Waals surface area contributed by atoms with Crippen molar-refractivity contribution in [3.8, 4) is 11.1 Å². The average molecular weight is 160 g/mol. The van der Waals surface area contributed by atoms with Crippen molar-refractivity contribution in [2.75, 3.05) is 0 Å². The summed E-state index contributed by atoms with van der Waals surface area (Å²) < 4.78 is 0. The van der Waals surface area contributed by atoms with Crippen molar-refractivity contribution in [1.82, 2.24) is 0 Å². The van der Waals surface area contributed by atoms with Crippen LogP contribution in [0, 0.1) is 0 Å². The lowest BCUT2D eigenvalue weighted by Crippen LogP contribution is -2.16. The lowest BCUT2D eigenvalue weighted by atomic mass is 10.1. The molecule has 0 saturated heterocycles. The molecule has 0 radical (unpaired) electrons. The van der Waals surface area contributed by atoms with Crippen molar-refractivity contribution in [2.45, 2.75) is 0 Å². The standard InChI is InChI=1S/C9H4O3/c10-7-3-1-2-5-6(7)4-8(11)9(5)12/h1-4H. The van der Waals surface area contributed by atoms with Gasteiger partial charge in [0, 0.05) is 17.2 Å². The van der Waals surface area contributed by atoms with E-state index in [-0.39, 0.29) is 16.6 Å². The van der Waals surface area contributed by atoms with E-state index in [1.54, 1.807) is 0 Å². The maximum atomic E-state index is 11.1. The van der Waals surface area contributed by atoms with Gasteiger partial charge in [0.25, 0.3) is 0 Å². The SMILES string of the molecule is O=c1cccc2c(=O)c(=O)cc1-2. The molecule has 2 aliphatic carbocycles. The van der Waals surface area contributed by atoms with Crippen LogP contribution >= 0.6 is 0 Å². The quantitative estimate of drug-likeness (QED) is 0.499. The molecule has 0 aliphatic heterocycles. The Bertz CT molecular complexity index is 532. The van der Waals surface area contributed by atoms with Gasteiger partial charge in [-0.05, 0) is 6.07 Å². The zero-order chi connectivity index (χ0) is 8.72. The summed E-state index contributed by atoms with van der Waals surface area (Å²) in [6.45, 7) is 0. The van der Waals surface area contributed by atoms with Gasteiger partial charge in [0.05, 0.1) is 0 Å². The molecular weight excluding hydrogens is 156 g/mol. The number of rotatable bonds is 0. The van der Waals surface area contributed by atoms with E-state index in [0.29, 0.717) is 0 Å². The highest BCUT2D eigenvalue weighted by Gasteiger charge is 2.13. The maximum Gasteiger partial charge on any atom is 0.233 e. The second kappa shape index (κ2) is 2.11. The molecule has 0 saturated carbocycles. The molecule has 58 valence electrons. The van der Waals surface area contributed by atoms with E-state index >= 15 is 0 Å². The first-order chi connectivity index (χ1) is 5.70. The molecule has 12 heavy (non-hydrogen) atoms. The van der Waals surface area contributed by atoms with Crippen molar-refractivity contribution < 1.29 is 0 Å². The normalized spacial score (nSPS) is 10.7. The number of hydrogen-bond donors (Lipinski definition) is 0. The molecule has 0 aromatic heterocycles. The van der Waals surface area contributed by atoms with E-state index in [4.69, 9.17) is 0 Å². The predicted molar refractivity (Wildman–Crippen MR) is 44.2 cm³/mol. The molecule has 2 rings (SSSR count). The van der Waals surface area contributed by atoms with Crippen LogP contribution in [0.15, 0.2) is 38.6 Å². The molecule has 0 heterocycles. The Morgan fingerprint density at radius 2 is 1.58 bits per heavy atom. The maximum absolute atomic E-state index is 11.1. The van der Waals surface area contributed by atoms with E-state index in [2.05, 4.69) is 0 Å². The molecule has 3 heteroatoms. The van der Waals surface area contributed by atoms with E-state index < -0.39 is 10.9 Å². The Morgan fingerprint density at radius 1 is 0.833 bits per heavy atom. The highest BCUT2D eigenvalue weighted by Crippen LogP contribution is 2.08. The van der Waals surface area contributed by atoms with Gasteiger partial charge in [-0.25, -0.2) is 0 Å². The fourth-order valence-electron chi connectivity index (χ4n) is 1.22. The highest BCUT2D eigenvalue weighted by molar-refractivity contribution is 5.65. The van der Waals surface area contributed by atoms with Crippen molar-refractivity contribution >= 4 is 0 Å². The Morgan fingerprint density at radius 3 is 2.25 bits per heavy atom. The van der Waals surface area contributed by atoms with Gasteiger partial charge in [-0.15, -0.1) is 0 Å². The first-order valence-electron chi connectivity index (χ1n) is 3.43. The van der Waals surface area contributed by atoms with Crippen LogP contribution < -0.4 is 16.3 Å². The molecule has 0 aromatic rings.